The lowest BCUT2D eigenvalue weighted by Crippen LogP contribution is -2.20. The third-order valence-corrected chi connectivity index (χ3v) is 2.43. The fourth-order valence-electron chi connectivity index (χ4n) is 1.87. The number of azide groups is 1. The number of hydrogen-bond acceptors (Lipinski definition) is 2. The van der Waals surface area contributed by atoms with E-state index in [4.69, 9.17) is 10.6 Å². The zero-order valence-corrected chi connectivity index (χ0v) is 7.39. The summed E-state index contributed by atoms with van der Waals surface area (Å²) in [6, 6.07) is 0.0168. The molecule has 0 spiro atoms. The maximum atomic E-state index is 10.4. The molecule has 0 aromatic carbocycles. The van der Waals surface area contributed by atoms with Crippen LogP contribution < -0.4 is 0 Å². The topological polar surface area (TPSA) is 86.1 Å². The van der Waals surface area contributed by atoms with Crippen LogP contribution in [-0.4, -0.2) is 17.1 Å². The molecule has 0 aliphatic heterocycles. The summed E-state index contributed by atoms with van der Waals surface area (Å²) >= 11 is 0. The van der Waals surface area contributed by atoms with Crippen LogP contribution in [0.2, 0.25) is 0 Å². The maximum absolute atomic E-state index is 10.4. The van der Waals surface area contributed by atoms with Crippen LogP contribution in [0.1, 0.15) is 32.1 Å². The minimum atomic E-state index is -0.758. The van der Waals surface area contributed by atoms with Gasteiger partial charge in [0.2, 0.25) is 0 Å². The van der Waals surface area contributed by atoms with Crippen molar-refractivity contribution in [3.8, 4) is 0 Å². The molecular formula is C8H13N3O2. The molecule has 0 bridgehead atoms. The quantitative estimate of drug-likeness (QED) is 0.413. The molecule has 1 aliphatic rings. The standard InChI is InChI=1S/C8H13N3O2/c9-11-10-7-3-1-2-6(4-7)5-8(12)13/h6-7H,1-5H2,(H,12,13). The van der Waals surface area contributed by atoms with E-state index in [-0.39, 0.29) is 18.4 Å². The molecule has 2 unspecified atom stereocenters. The van der Waals surface area contributed by atoms with Crippen molar-refractivity contribution in [2.24, 2.45) is 11.0 Å². The van der Waals surface area contributed by atoms with Gasteiger partial charge in [0.1, 0.15) is 0 Å². The van der Waals surface area contributed by atoms with Gasteiger partial charge >= 0.3 is 5.97 Å². The highest BCUT2D eigenvalue weighted by atomic mass is 16.4. The van der Waals surface area contributed by atoms with Crippen LogP contribution in [-0.2, 0) is 4.79 Å². The van der Waals surface area contributed by atoms with E-state index in [1.54, 1.807) is 0 Å². The van der Waals surface area contributed by atoms with E-state index in [2.05, 4.69) is 10.0 Å². The average Bonchev–Trinajstić information content (AvgIpc) is 2.04. The van der Waals surface area contributed by atoms with Crippen LogP contribution in [0.15, 0.2) is 5.11 Å². The van der Waals surface area contributed by atoms with Gasteiger partial charge in [-0.2, -0.15) is 0 Å². The summed E-state index contributed by atoms with van der Waals surface area (Å²) in [6.45, 7) is 0. The van der Waals surface area contributed by atoms with E-state index in [0.29, 0.717) is 0 Å². The van der Waals surface area contributed by atoms with Gasteiger partial charge in [0.25, 0.3) is 0 Å². The number of hydrogen-bond donors (Lipinski definition) is 1. The number of carbonyl (C=O) groups is 1. The normalized spacial score (nSPS) is 27.7. The fourth-order valence-corrected chi connectivity index (χ4v) is 1.87. The summed E-state index contributed by atoms with van der Waals surface area (Å²) in [6.07, 6.45) is 3.76. The molecule has 0 heterocycles. The Morgan fingerprint density at radius 2 is 2.38 bits per heavy atom. The Morgan fingerprint density at radius 1 is 1.62 bits per heavy atom. The summed E-state index contributed by atoms with van der Waals surface area (Å²) in [5.41, 5.74) is 8.23. The molecule has 72 valence electrons. The second kappa shape index (κ2) is 4.72. The maximum Gasteiger partial charge on any atom is 0.303 e. The zero-order valence-electron chi connectivity index (χ0n) is 7.39. The average molecular weight is 183 g/mol. The predicted molar refractivity (Wildman–Crippen MR) is 47.1 cm³/mol. The molecule has 5 heteroatoms. The fraction of sp³-hybridized carbons (Fsp3) is 0.875. The van der Waals surface area contributed by atoms with Gasteiger partial charge in [-0.15, -0.1) is 0 Å². The molecule has 0 radical (unpaired) electrons. The van der Waals surface area contributed by atoms with E-state index >= 15 is 0 Å². The van der Waals surface area contributed by atoms with Gasteiger partial charge in [-0.3, -0.25) is 4.79 Å². The Balaban J connectivity index is 2.41. The number of carboxylic acid groups (broad SMARTS) is 1. The van der Waals surface area contributed by atoms with Gasteiger partial charge in [0, 0.05) is 17.4 Å². The van der Waals surface area contributed by atoms with Crippen molar-refractivity contribution in [2.45, 2.75) is 38.1 Å². The van der Waals surface area contributed by atoms with Crippen LogP contribution in [0, 0.1) is 5.92 Å². The summed E-state index contributed by atoms with van der Waals surface area (Å²) in [4.78, 5) is 13.2. The molecule has 0 saturated heterocycles. The minimum absolute atomic E-state index is 0.0168. The molecule has 1 N–H and O–H groups in total. The largest absolute Gasteiger partial charge is 0.481 e. The zero-order chi connectivity index (χ0) is 9.68. The van der Waals surface area contributed by atoms with Crippen LogP contribution in [0.5, 0.6) is 0 Å². The van der Waals surface area contributed by atoms with Gasteiger partial charge in [0.05, 0.1) is 0 Å². The van der Waals surface area contributed by atoms with Crippen LogP contribution in [0.3, 0.4) is 0 Å². The van der Waals surface area contributed by atoms with Crippen LogP contribution in [0.4, 0.5) is 0 Å². The van der Waals surface area contributed by atoms with Gasteiger partial charge < -0.3 is 5.11 Å². The summed E-state index contributed by atoms with van der Waals surface area (Å²) in [5, 5.41) is 12.2. The van der Waals surface area contributed by atoms with E-state index < -0.39 is 5.97 Å². The first kappa shape index (κ1) is 9.86. The van der Waals surface area contributed by atoms with Gasteiger partial charge in [-0.1, -0.05) is 11.5 Å². The van der Waals surface area contributed by atoms with Crippen molar-refractivity contribution in [3.05, 3.63) is 10.4 Å². The van der Waals surface area contributed by atoms with Crippen molar-refractivity contribution in [2.75, 3.05) is 0 Å². The van der Waals surface area contributed by atoms with E-state index in [0.717, 1.165) is 25.7 Å². The highest BCUT2D eigenvalue weighted by Gasteiger charge is 2.22. The molecule has 1 saturated carbocycles. The Kier molecular flexibility index (Phi) is 3.58. The van der Waals surface area contributed by atoms with Crippen molar-refractivity contribution in [3.63, 3.8) is 0 Å². The highest BCUT2D eigenvalue weighted by molar-refractivity contribution is 5.67. The van der Waals surface area contributed by atoms with Crippen molar-refractivity contribution in [1.29, 1.82) is 0 Å². The number of carboxylic acids is 1. The summed E-state index contributed by atoms with van der Waals surface area (Å²) < 4.78 is 0. The van der Waals surface area contributed by atoms with Crippen molar-refractivity contribution >= 4 is 5.97 Å². The second-order valence-electron chi connectivity index (χ2n) is 3.49. The monoisotopic (exact) mass is 183 g/mol. The molecule has 0 aromatic rings. The Labute approximate surface area is 76.4 Å². The Bertz CT molecular complexity index is 236. The van der Waals surface area contributed by atoms with Crippen LogP contribution >= 0.6 is 0 Å². The number of nitrogens with zero attached hydrogens (tertiary/aromatic N) is 3. The third-order valence-electron chi connectivity index (χ3n) is 2.43. The third kappa shape index (κ3) is 3.34. The molecule has 0 aromatic heterocycles. The van der Waals surface area contributed by atoms with Gasteiger partial charge in [0.15, 0.2) is 0 Å². The molecule has 5 nitrogen and oxygen atoms in total. The summed E-state index contributed by atoms with van der Waals surface area (Å²) in [5.74, 6) is -0.562. The lowest BCUT2D eigenvalue weighted by molar-refractivity contribution is -0.138. The van der Waals surface area contributed by atoms with Crippen LogP contribution in [0.25, 0.3) is 10.4 Å². The SMILES string of the molecule is [N-]=[N+]=NC1CCCC(CC(=O)O)C1. The second-order valence-corrected chi connectivity index (χ2v) is 3.49. The molecule has 2 atom stereocenters. The molecule has 1 aliphatic carbocycles. The van der Waals surface area contributed by atoms with E-state index in [1.165, 1.54) is 0 Å². The summed E-state index contributed by atoms with van der Waals surface area (Å²) in [7, 11) is 0. The lowest BCUT2D eigenvalue weighted by atomic mass is 9.84. The molecule has 0 amide bonds. The smallest absolute Gasteiger partial charge is 0.303 e. The number of rotatable bonds is 3. The van der Waals surface area contributed by atoms with Crippen molar-refractivity contribution in [1.82, 2.24) is 0 Å². The molecule has 1 rings (SSSR count). The first-order valence-electron chi connectivity index (χ1n) is 4.48. The predicted octanol–water partition coefficient (Wildman–Crippen LogP) is 2.33. The van der Waals surface area contributed by atoms with Gasteiger partial charge in [-0.05, 0) is 30.7 Å². The van der Waals surface area contributed by atoms with Gasteiger partial charge in [-0.25, -0.2) is 0 Å². The highest BCUT2D eigenvalue weighted by Crippen LogP contribution is 2.28. The van der Waals surface area contributed by atoms with Crippen molar-refractivity contribution < 1.29 is 9.90 Å². The molecular weight excluding hydrogens is 170 g/mol. The molecule has 13 heavy (non-hydrogen) atoms. The lowest BCUT2D eigenvalue weighted by Gasteiger charge is -2.24. The van der Waals surface area contributed by atoms with E-state index in [9.17, 15) is 4.79 Å². The number of aliphatic carboxylic acids is 1. The first-order chi connectivity index (χ1) is 6.22. The Morgan fingerprint density at radius 3 is 3.00 bits per heavy atom. The first-order valence-corrected chi connectivity index (χ1v) is 4.48. The molecule has 1 fully saturated rings. The van der Waals surface area contributed by atoms with E-state index in [1.807, 2.05) is 0 Å². The minimum Gasteiger partial charge on any atom is -0.481 e. The Hall–Kier alpha value is -1.22.